The molecule has 1 nitrogen and oxygen atoms in total. The summed E-state index contributed by atoms with van der Waals surface area (Å²) in [6.45, 7) is 2.51. The van der Waals surface area contributed by atoms with Gasteiger partial charge in [0.25, 0.3) is 0 Å². The van der Waals surface area contributed by atoms with Crippen molar-refractivity contribution in [3.63, 3.8) is 0 Å². The van der Waals surface area contributed by atoms with Crippen molar-refractivity contribution >= 4 is 0 Å². The molecule has 0 aromatic carbocycles. The molecular weight excluding hydrogens is 232 g/mol. The van der Waals surface area contributed by atoms with Gasteiger partial charge in [-0.25, -0.2) is 0 Å². The molecule has 1 N–H and O–H groups in total. The first-order chi connectivity index (χ1) is 9.41. The highest BCUT2D eigenvalue weighted by molar-refractivity contribution is 4.96. The van der Waals surface area contributed by atoms with E-state index in [9.17, 15) is 0 Å². The van der Waals surface area contributed by atoms with Crippen LogP contribution in [0.3, 0.4) is 0 Å². The van der Waals surface area contributed by atoms with Gasteiger partial charge in [0.2, 0.25) is 0 Å². The summed E-state index contributed by atoms with van der Waals surface area (Å²) in [7, 11) is 0. The second-order valence-electron chi connectivity index (χ2n) is 4.93. The molecule has 0 saturated carbocycles. The smallest absolute Gasteiger partial charge is 0.0431 e. The van der Waals surface area contributed by atoms with Crippen molar-refractivity contribution in [1.29, 1.82) is 0 Å². The highest BCUT2D eigenvalue weighted by atomic mass is 16.2. The summed E-state index contributed by atoms with van der Waals surface area (Å²) in [5, 5.41) is 8.65. The zero-order valence-corrected chi connectivity index (χ0v) is 12.7. The fraction of sp³-hybridized carbons (Fsp3) is 0.667. The van der Waals surface area contributed by atoms with Gasteiger partial charge in [-0.2, -0.15) is 0 Å². The molecule has 110 valence electrons. The number of unbranched alkanes of at least 4 members (excludes halogenated alkanes) is 6. The number of aliphatic hydroxyl groups is 1. The van der Waals surface area contributed by atoms with Crippen molar-refractivity contribution < 1.29 is 5.11 Å². The molecule has 0 unspecified atom stereocenters. The van der Waals surface area contributed by atoms with Crippen LogP contribution in [0.1, 0.15) is 71.1 Å². The van der Waals surface area contributed by atoms with Gasteiger partial charge in [0.05, 0.1) is 0 Å². The molecule has 0 atom stereocenters. The van der Waals surface area contributed by atoms with Crippen molar-refractivity contribution in [3.8, 4) is 0 Å². The van der Waals surface area contributed by atoms with E-state index in [-0.39, 0.29) is 0 Å². The molecule has 1 heteroatoms. The van der Waals surface area contributed by atoms with Crippen molar-refractivity contribution in [1.82, 2.24) is 0 Å². The van der Waals surface area contributed by atoms with E-state index in [2.05, 4.69) is 43.4 Å². The van der Waals surface area contributed by atoms with Crippen LogP contribution in [0.25, 0.3) is 0 Å². The average Bonchev–Trinajstić information content (AvgIpc) is 2.43. The number of hydrogen-bond donors (Lipinski definition) is 1. The zero-order valence-electron chi connectivity index (χ0n) is 12.7. The van der Waals surface area contributed by atoms with Gasteiger partial charge >= 0.3 is 0 Å². The van der Waals surface area contributed by atoms with Crippen LogP contribution < -0.4 is 0 Å². The summed E-state index contributed by atoms with van der Waals surface area (Å²) in [6.07, 6.45) is 25.3. The molecule has 0 aliphatic carbocycles. The minimum atomic E-state index is 0.352. The Labute approximate surface area is 120 Å². The Morgan fingerprint density at radius 3 is 1.79 bits per heavy atom. The molecule has 0 amide bonds. The molecule has 0 aliphatic rings. The van der Waals surface area contributed by atoms with Crippen molar-refractivity contribution in [2.45, 2.75) is 71.1 Å². The Balaban J connectivity index is 3.19. The first-order valence-electron chi connectivity index (χ1n) is 7.97. The minimum Gasteiger partial charge on any atom is -0.396 e. The summed E-state index contributed by atoms with van der Waals surface area (Å²) in [5.41, 5.74) is 0. The van der Waals surface area contributed by atoms with Crippen LogP contribution in [0, 0.1) is 0 Å². The lowest BCUT2D eigenvalue weighted by Crippen LogP contribution is -1.83. The Hall–Kier alpha value is -0.820. The third-order valence-corrected chi connectivity index (χ3v) is 3.06. The number of aliphatic hydroxyl groups excluding tert-OH is 1. The third-order valence-electron chi connectivity index (χ3n) is 3.06. The minimum absolute atomic E-state index is 0.352. The van der Waals surface area contributed by atoms with Gasteiger partial charge in [0, 0.05) is 6.61 Å². The van der Waals surface area contributed by atoms with E-state index in [0.29, 0.717) is 6.61 Å². The lowest BCUT2D eigenvalue weighted by molar-refractivity contribution is 0.282. The average molecular weight is 264 g/mol. The third kappa shape index (κ3) is 17.2. The molecule has 0 bridgehead atoms. The van der Waals surface area contributed by atoms with Crippen LogP contribution >= 0.6 is 0 Å². The van der Waals surface area contributed by atoms with E-state index in [4.69, 9.17) is 5.11 Å². The maximum absolute atomic E-state index is 8.65. The largest absolute Gasteiger partial charge is 0.396 e. The molecule has 19 heavy (non-hydrogen) atoms. The Kier molecular flexibility index (Phi) is 16.4. The molecule has 0 rings (SSSR count). The van der Waals surface area contributed by atoms with Gasteiger partial charge in [-0.05, 0) is 38.5 Å². The van der Waals surface area contributed by atoms with E-state index in [1.165, 1.54) is 38.5 Å². The predicted molar refractivity (Wildman–Crippen MR) is 86.3 cm³/mol. The van der Waals surface area contributed by atoms with E-state index < -0.39 is 0 Å². The number of hydrogen-bond acceptors (Lipinski definition) is 1. The molecule has 0 heterocycles. The molecule has 0 saturated heterocycles. The van der Waals surface area contributed by atoms with Gasteiger partial charge in [-0.3, -0.25) is 0 Å². The topological polar surface area (TPSA) is 20.2 Å². The van der Waals surface area contributed by atoms with E-state index in [1.807, 2.05) is 0 Å². The predicted octanol–water partition coefficient (Wildman–Crippen LogP) is 5.57. The Morgan fingerprint density at radius 1 is 0.632 bits per heavy atom. The summed E-state index contributed by atoms with van der Waals surface area (Å²) in [4.78, 5) is 0. The van der Waals surface area contributed by atoms with Crippen molar-refractivity contribution in [3.05, 3.63) is 36.5 Å². The standard InChI is InChI=1S/C18H32O/c1-2-3-4-5-6-7-8-9-10-11-12-13-14-15-16-17-18-19/h3-4,6-7,9-10,19H,2,5,8,11-18H2,1H3/b4-3?,7-6-,10-9-. The Bertz CT molecular complexity index is 238. The fourth-order valence-electron chi connectivity index (χ4n) is 1.91. The number of rotatable bonds is 13. The Morgan fingerprint density at radius 2 is 1.16 bits per heavy atom. The SMILES string of the molecule is CCC=CC/C=C\C/C=C\CCCCCCCCO. The van der Waals surface area contributed by atoms with Gasteiger partial charge in [0.15, 0.2) is 0 Å². The first kappa shape index (κ1) is 18.2. The van der Waals surface area contributed by atoms with E-state index >= 15 is 0 Å². The molecule has 0 spiro atoms. The van der Waals surface area contributed by atoms with E-state index in [0.717, 1.165) is 25.7 Å². The van der Waals surface area contributed by atoms with Crippen LogP contribution in [0.5, 0.6) is 0 Å². The lowest BCUT2D eigenvalue weighted by atomic mass is 10.1. The van der Waals surface area contributed by atoms with Gasteiger partial charge in [-0.15, -0.1) is 0 Å². The highest BCUT2D eigenvalue weighted by Gasteiger charge is 1.89. The van der Waals surface area contributed by atoms with Crippen LogP contribution in [0.2, 0.25) is 0 Å². The van der Waals surface area contributed by atoms with Crippen LogP contribution in [-0.4, -0.2) is 11.7 Å². The van der Waals surface area contributed by atoms with Gasteiger partial charge < -0.3 is 5.11 Å². The molecule has 0 aliphatic heterocycles. The molecule has 0 aromatic heterocycles. The quantitative estimate of drug-likeness (QED) is 0.340. The van der Waals surface area contributed by atoms with Gasteiger partial charge in [0.1, 0.15) is 0 Å². The highest BCUT2D eigenvalue weighted by Crippen LogP contribution is 2.07. The summed E-state index contributed by atoms with van der Waals surface area (Å²) >= 11 is 0. The zero-order chi connectivity index (χ0) is 14.0. The fourth-order valence-corrected chi connectivity index (χ4v) is 1.91. The maximum atomic E-state index is 8.65. The summed E-state index contributed by atoms with van der Waals surface area (Å²) in [5.74, 6) is 0. The monoisotopic (exact) mass is 264 g/mol. The normalized spacial score (nSPS) is 12.3. The number of allylic oxidation sites excluding steroid dienone is 6. The maximum Gasteiger partial charge on any atom is 0.0431 e. The van der Waals surface area contributed by atoms with Crippen molar-refractivity contribution in [2.24, 2.45) is 0 Å². The lowest BCUT2D eigenvalue weighted by Gasteiger charge is -1.98. The second-order valence-corrected chi connectivity index (χ2v) is 4.93. The molecule has 0 fully saturated rings. The van der Waals surface area contributed by atoms with Crippen LogP contribution in [0.15, 0.2) is 36.5 Å². The summed E-state index contributed by atoms with van der Waals surface area (Å²) in [6, 6.07) is 0. The molecule has 0 radical (unpaired) electrons. The van der Waals surface area contributed by atoms with Crippen LogP contribution in [-0.2, 0) is 0 Å². The van der Waals surface area contributed by atoms with Gasteiger partial charge in [-0.1, -0.05) is 69.1 Å². The second kappa shape index (κ2) is 17.2. The molecular formula is C18H32O. The van der Waals surface area contributed by atoms with Crippen molar-refractivity contribution in [2.75, 3.05) is 6.61 Å². The first-order valence-corrected chi connectivity index (χ1v) is 7.97. The van der Waals surface area contributed by atoms with E-state index in [1.54, 1.807) is 0 Å². The summed E-state index contributed by atoms with van der Waals surface area (Å²) < 4.78 is 0. The molecule has 0 aromatic rings. The van der Waals surface area contributed by atoms with Crippen LogP contribution in [0.4, 0.5) is 0 Å².